The summed E-state index contributed by atoms with van der Waals surface area (Å²) in [7, 11) is 0. The molecule has 0 saturated heterocycles. The minimum atomic E-state index is -0.188. The van der Waals surface area contributed by atoms with Crippen molar-refractivity contribution in [2.24, 2.45) is 0 Å². The third-order valence-electron chi connectivity index (χ3n) is 4.38. The molecule has 1 aromatic heterocycles. The molecule has 0 spiro atoms. The molecule has 0 bridgehead atoms. The highest BCUT2D eigenvalue weighted by Gasteiger charge is 2.16. The van der Waals surface area contributed by atoms with Crippen molar-refractivity contribution in [1.29, 1.82) is 0 Å². The van der Waals surface area contributed by atoms with E-state index in [1.165, 1.54) is 0 Å². The van der Waals surface area contributed by atoms with Crippen LogP contribution in [0, 0.1) is 6.92 Å². The molecule has 0 atom stereocenters. The average Bonchev–Trinajstić information content (AvgIpc) is 2.68. The molecule has 1 amide bonds. The molecule has 132 valence electrons. The number of hydrogen-bond acceptors (Lipinski definition) is 2. The molecule has 27 heavy (non-hydrogen) atoms. The Morgan fingerprint density at radius 3 is 2.48 bits per heavy atom. The minimum absolute atomic E-state index is 0.188. The summed E-state index contributed by atoms with van der Waals surface area (Å²) in [5.41, 5.74) is 4.65. The maximum Gasteiger partial charge on any atom is 0.256 e. The highest BCUT2D eigenvalue weighted by molar-refractivity contribution is 6.35. The molecule has 3 nitrogen and oxygen atoms in total. The maximum atomic E-state index is 13.1. The van der Waals surface area contributed by atoms with Crippen molar-refractivity contribution in [3.63, 3.8) is 0 Å². The van der Waals surface area contributed by atoms with Crippen LogP contribution in [-0.2, 0) is 0 Å². The normalized spacial score (nSPS) is 10.7. The fraction of sp³-hybridized carbons (Fsp3) is 0.0435. The number of amides is 1. The van der Waals surface area contributed by atoms with Crippen LogP contribution in [0.1, 0.15) is 15.9 Å². The Kier molecular flexibility index (Phi) is 4.61. The fourth-order valence-corrected chi connectivity index (χ4v) is 3.30. The Morgan fingerprint density at radius 2 is 1.70 bits per heavy atom. The van der Waals surface area contributed by atoms with Crippen molar-refractivity contribution in [2.75, 3.05) is 5.32 Å². The van der Waals surface area contributed by atoms with Crippen LogP contribution in [-0.4, -0.2) is 10.9 Å². The number of rotatable bonds is 3. The molecule has 4 rings (SSSR count). The quantitative estimate of drug-likeness (QED) is 0.471. The van der Waals surface area contributed by atoms with Crippen molar-refractivity contribution in [1.82, 2.24) is 4.98 Å². The van der Waals surface area contributed by atoms with Gasteiger partial charge in [-0.1, -0.05) is 66.2 Å². The number of nitrogens with one attached hydrogen (secondary N) is 1. The summed E-state index contributed by atoms with van der Waals surface area (Å²) < 4.78 is 0. The summed E-state index contributed by atoms with van der Waals surface area (Å²) in [6.45, 7) is 1.99. The van der Waals surface area contributed by atoms with Crippen molar-refractivity contribution in [3.8, 4) is 11.3 Å². The van der Waals surface area contributed by atoms with Crippen LogP contribution >= 0.6 is 11.6 Å². The van der Waals surface area contributed by atoms with E-state index in [0.29, 0.717) is 21.8 Å². The lowest BCUT2D eigenvalue weighted by atomic mass is 10.0. The summed E-state index contributed by atoms with van der Waals surface area (Å²) >= 11 is 6.38. The van der Waals surface area contributed by atoms with E-state index in [-0.39, 0.29) is 5.91 Å². The van der Waals surface area contributed by atoms with Gasteiger partial charge in [0.1, 0.15) is 0 Å². The summed E-state index contributed by atoms with van der Waals surface area (Å²) in [5, 5.41) is 4.23. The molecule has 4 aromatic rings. The van der Waals surface area contributed by atoms with Gasteiger partial charge in [0.05, 0.1) is 21.8 Å². The van der Waals surface area contributed by atoms with Crippen molar-refractivity contribution >= 4 is 34.1 Å². The van der Waals surface area contributed by atoms with E-state index in [4.69, 9.17) is 16.6 Å². The number of pyridine rings is 1. The molecule has 0 aliphatic heterocycles. The largest absolute Gasteiger partial charge is 0.322 e. The number of fused-ring (bicyclic) bond motifs is 1. The van der Waals surface area contributed by atoms with E-state index >= 15 is 0 Å². The van der Waals surface area contributed by atoms with Gasteiger partial charge in [0.25, 0.3) is 5.91 Å². The standard InChI is InChI=1S/C23H17ClN2O/c1-15-7-5-10-17(13-15)25-23(27)19-14-21(16-8-3-2-4-9-16)26-22-18(19)11-6-12-20(22)24/h2-14H,1H3,(H,25,27). The summed E-state index contributed by atoms with van der Waals surface area (Å²) in [6.07, 6.45) is 0. The Morgan fingerprint density at radius 1 is 0.926 bits per heavy atom. The van der Waals surface area contributed by atoms with Gasteiger partial charge in [-0.3, -0.25) is 4.79 Å². The zero-order chi connectivity index (χ0) is 18.8. The second kappa shape index (κ2) is 7.22. The average molecular weight is 373 g/mol. The topological polar surface area (TPSA) is 42.0 Å². The fourth-order valence-electron chi connectivity index (χ4n) is 3.08. The third kappa shape index (κ3) is 3.55. The van der Waals surface area contributed by atoms with Gasteiger partial charge in [0.15, 0.2) is 0 Å². The van der Waals surface area contributed by atoms with E-state index in [0.717, 1.165) is 22.2 Å². The van der Waals surface area contributed by atoms with Crippen LogP contribution in [0.15, 0.2) is 78.9 Å². The van der Waals surface area contributed by atoms with Gasteiger partial charge in [-0.15, -0.1) is 0 Å². The predicted molar refractivity (Wildman–Crippen MR) is 111 cm³/mol. The number of hydrogen-bond donors (Lipinski definition) is 1. The number of aryl methyl sites for hydroxylation is 1. The van der Waals surface area contributed by atoms with Crippen molar-refractivity contribution < 1.29 is 4.79 Å². The molecule has 0 fully saturated rings. The maximum absolute atomic E-state index is 13.1. The van der Waals surface area contributed by atoms with Gasteiger partial charge in [-0.05, 0) is 36.8 Å². The predicted octanol–water partition coefficient (Wildman–Crippen LogP) is 6.12. The molecular weight excluding hydrogens is 356 g/mol. The number of anilines is 1. The van der Waals surface area contributed by atoms with Gasteiger partial charge in [-0.2, -0.15) is 0 Å². The molecule has 4 heteroatoms. The van der Waals surface area contributed by atoms with Crippen molar-refractivity contribution in [2.45, 2.75) is 6.92 Å². The van der Waals surface area contributed by atoms with E-state index in [1.807, 2.05) is 79.7 Å². The molecule has 0 aliphatic rings. The number of carbonyl (C=O) groups excluding carboxylic acids is 1. The molecule has 0 saturated carbocycles. The zero-order valence-electron chi connectivity index (χ0n) is 14.7. The third-order valence-corrected chi connectivity index (χ3v) is 4.69. The lowest BCUT2D eigenvalue weighted by Gasteiger charge is -2.12. The number of carbonyl (C=O) groups is 1. The van der Waals surface area contributed by atoms with Crippen LogP contribution in [0.3, 0.4) is 0 Å². The first kappa shape index (κ1) is 17.3. The zero-order valence-corrected chi connectivity index (χ0v) is 15.5. The molecule has 0 radical (unpaired) electrons. The molecule has 0 aliphatic carbocycles. The monoisotopic (exact) mass is 372 g/mol. The highest BCUT2D eigenvalue weighted by atomic mass is 35.5. The van der Waals surface area contributed by atoms with Crippen molar-refractivity contribution in [3.05, 3.63) is 95.0 Å². The number of nitrogens with zero attached hydrogens (tertiary/aromatic N) is 1. The van der Waals surface area contributed by atoms with E-state index in [9.17, 15) is 4.79 Å². The minimum Gasteiger partial charge on any atom is -0.322 e. The van der Waals surface area contributed by atoms with Gasteiger partial charge in [0.2, 0.25) is 0 Å². The first-order valence-electron chi connectivity index (χ1n) is 8.64. The molecule has 0 unspecified atom stereocenters. The van der Waals surface area contributed by atoms with Crippen LogP contribution < -0.4 is 5.32 Å². The first-order chi connectivity index (χ1) is 13.1. The van der Waals surface area contributed by atoms with E-state index in [1.54, 1.807) is 6.07 Å². The Hall–Kier alpha value is -3.17. The van der Waals surface area contributed by atoms with Gasteiger partial charge < -0.3 is 5.32 Å². The van der Waals surface area contributed by atoms with Crippen LogP contribution in [0.5, 0.6) is 0 Å². The summed E-state index contributed by atoms with van der Waals surface area (Å²) in [6, 6.07) is 24.8. The molecule has 3 aromatic carbocycles. The number of benzene rings is 3. The lowest BCUT2D eigenvalue weighted by Crippen LogP contribution is -2.13. The van der Waals surface area contributed by atoms with E-state index in [2.05, 4.69) is 5.32 Å². The smallest absolute Gasteiger partial charge is 0.256 e. The Balaban J connectivity index is 1.85. The van der Waals surface area contributed by atoms with Gasteiger partial charge >= 0.3 is 0 Å². The van der Waals surface area contributed by atoms with E-state index < -0.39 is 0 Å². The summed E-state index contributed by atoms with van der Waals surface area (Å²) in [4.78, 5) is 17.7. The van der Waals surface area contributed by atoms with Crippen LogP contribution in [0.25, 0.3) is 22.2 Å². The second-order valence-corrected chi connectivity index (χ2v) is 6.79. The number of aromatic nitrogens is 1. The second-order valence-electron chi connectivity index (χ2n) is 6.38. The summed E-state index contributed by atoms with van der Waals surface area (Å²) in [5.74, 6) is -0.188. The Labute approximate surface area is 162 Å². The molecular formula is C23H17ClN2O. The highest BCUT2D eigenvalue weighted by Crippen LogP contribution is 2.29. The molecule has 1 heterocycles. The van der Waals surface area contributed by atoms with Crippen LogP contribution in [0.2, 0.25) is 5.02 Å². The van der Waals surface area contributed by atoms with Gasteiger partial charge in [0, 0.05) is 16.6 Å². The Bertz CT molecular complexity index is 1140. The molecule has 1 N–H and O–H groups in total. The number of para-hydroxylation sites is 1. The first-order valence-corrected chi connectivity index (χ1v) is 9.02. The van der Waals surface area contributed by atoms with Crippen LogP contribution in [0.4, 0.5) is 5.69 Å². The number of halogens is 1. The van der Waals surface area contributed by atoms with Gasteiger partial charge in [-0.25, -0.2) is 4.98 Å². The lowest BCUT2D eigenvalue weighted by molar-refractivity contribution is 0.102. The SMILES string of the molecule is Cc1cccc(NC(=O)c2cc(-c3ccccc3)nc3c(Cl)cccc23)c1.